The number of aromatic nitrogens is 1. The van der Waals surface area contributed by atoms with E-state index in [4.69, 9.17) is 9.47 Å². The average Bonchev–Trinajstić information content (AvgIpc) is 2.78. The van der Waals surface area contributed by atoms with Crippen molar-refractivity contribution in [2.75, 3.05) is 39.5 Å². The van der Waals surface area contributed by atoms with Gasteiger partial charge in [-0.05, 0) is 36.8 Å². The number of para-hydroxylation sites is 1. The second-order valence-electron chi connectivity index (χ2n) is 7.46. The van der Waals surface area contributed by atoms with Crippen LogP contribution in [0.2, 0.25) is 0 Å². The molecule has 0 unspecified atom stereocenters. The quantitative estimate of drug-likeness (QED) is 0.654. The third-order valence-corrected chi connectivity index (χ3v) is 5.22. The van der Waals surface area contributed by atoms with E-state index in [-0.39, 0.29) is 5.91 Å². The molecule has 4 rings (SSSR count). The van der Waals surface area contributed by atoms with Crippen LogP contribution in [0, 0.1) is 6.92 Å². The zero-order valence-corrected chi connectivity index (χ0v) is 17.3. The predicted molar refractivity (Wildman–Crippen MR) is 117 cm³/mol. The number of fused-ring (bicyclic) bond motifs is 1. The normalized spacial score (nSPS) is 14.6. The third-order valence-electron chi connectivity index (χ3n) is 5.22. The highest BCUT2D eigenvalue weighted by atomic mass is 16.5. The maximum Gasteiger partial charge on any atom is 0.252 e. The first-order chi connectivity index (χ1) is 14.7. The molecule has 0 bridgehead atoms. The van der Waals surface area contributed by atoms with Crippen LogP contribution in [0.3, 0.4) is 0 Å². The summed E-state index contributed by atoms with van der Waals surface area (Å²) in [6.45, 7) is 7.37. The summed E-state index contributed by atoms with van der Waals surface area (Å²) < 4.78 is 11.3. The molecule has 0 atom stereocenters. The number of morpholine rings is 1. The monoisotopic (exact) mass is 405 g/mol. The van der Waals surface area contributed by atoms with Crippen LogP contribution in [0.5, 0.6) is 5.75 Å². The molecule has 2 aromatic carbocycles. The Morgan fingerprint density at radius 3 is 2.83 bits per heavy atom. The van der Waals surface area contributed by atoms with Gasteiger partial charge in [-0.2, -0.15) is 0 Å². The van der Waals surface area contributed by atoms with Crippen molar-refractivity contribution < 1.29 is 14.3 Å². The number of ether oxygens (including phenoxy) is 2. The van der Waals surface area contributed by atoms with Crippen molar-refractivity contribution in [2.45, 2.75) is 13.5 Å². The molecule has 6 nitrogen and oxygen atoms in total. The molecule has 3 aromatic rings. The average molecular weight is 405 g/mol. The zero-order chi connectivity index (χ0) is 20.8. The van der Waals surface area contributed by atoms with Crippen LogP contribution in [0.1, 0.15) is 21.6 Å². The molecule has 1 fully saturated rings. The topological polar surface area (TPSA) is 63.7 Å². The van der Waals surface area contributed by atoms with Gasteiger partial charge < -0.3 is 14.8 Å². The van der Waals surface area contributed by atoms with E-state index in [9.17, 15) is 4.79 Å². The summed E-state index contributed by atoms with van der Waals surface area (Å²) in [6, 6.07) is 17.4. The minimum atomic E-state index is -0.102. The van der Waals surface area contributed by atoms with E-state index in [0.29, 0.717) is 18.7 Å². The Morgan fingerprint density at radius 1 is 1.13 bits per heavy atom. The molecule has 1 aliphatic rings. The van der Waals surface area contributed by atoms with Crippen LogP contribution in [0.25, 0.3) is 10.9 Å². The van der Waals surface area contributed by atoms with Crippen LogP contribution < -0.4 is 10.1 Å². The van der Waals surface area contributed by atoms with Crippen molar-refractivity contribution in [1.82, 2.24) is 15.2 Å². The van der Waals surface area contributed by atoms with Gasteiger partial charge in [-0.1, -0.05) is 30.3 Å². The minimum absolute atomic E-state index is 0.102. The number of hydrogen-bond acceptors (Lipinski definition) is 5. The van der Waals surface area contributed by atoms with Crippen LogP contribution in [0.4, 0.5) is 0 Å². The van der Waals surface area contributed by atoms with E-state index in [2.05, 4.69) is 15.2 Å². The van der Waals surface area contributed by atoms with E-state index >= 15 is 0 Å². The second-order valence-corrected chi connectivity index (χ2v) is 7.46. The highest BCUT2D eigenvalue weighted by molar-refractivity contribution is 6.06. The number of benzene rings is 2. The van der Waals surface area contributed by atoms with Gasteiger partial charge >= 0.3 is 0 Å². The lowest BCUT2D eigenvalue weighted by Crippen LogP contribution is -2.38. The number of carbonyl (C=O) groups is 1. The summed E-state index contributed by atoms with van der Waals surface area (Å²) in [5, 5.41) is 3.89. The summed E-state index contributed by atoms with van der Waals surface area (Å²) in [6.07, 6.45) is 0. The van der Waals surface area contributed by atoms with Gasteiger partial charge in [0.25, 0.3) is 5.91 Å². The highest BCUT2D eigenvalue weighted by Crippen LogP contribution is 2.19. The Kier molecular flexibility index (Phi) is 6.57. The summed E-state index contributed by atoms with van der Waals surface area (Å²) in [4.78, 5) is 19.7. The van der Waals surface area contributed by atoms with Gasteiger partial charge in [0.15, 0.2) is 0 Å². The number of amides is 1. The minimum Gasteiger partial charge on any atom is -0.492 e. The maximum atomic E-state index is 12.8. The Hall–Kier alpha value is -2.96. The largest absolute Gasteiger partial charge is 0.492 e. The number of nitrogens with zero attached hydrogens (tertiary/aromatic N) is 2. The highest BCUT2D eigenvalue weighted by Gasteiger charge is 2.12. The molecule has 156 valence electrons. The summed E-state index contributed by atoms with van der Waals surface area (Å²) in [5.41, 5.74) is 3.31. The van der Waals surface area contributed by atoms with Gasteiger partial charge in [-0.3, -0.25) is 14.7 Å². The lowest BCUT2D eigenvalue weighted by atomic mass is 10.1. The lowest BCUT2D eigenvalue weighted by molar-refractivity contribution is 0.0322. The lowest BCUT2D eigenvalue weighted by Gasteiger charge is -2.26. The molecule has 0 saturated carbocycles. The van der Waals surface area contributed by atoms with Crippen molar-refractivity contribution in [3.8, 4) is 5.75 Å². The smallest absolute Gasteiger partial charge is 0.252 e. The van der Waals surface area contributed by atoms with Gasteiger partial charge in [-0.15, -0.1) is 0 Å². The fourth-order valence-electron chi connectivity index (χ4n) is 3.64. The number of nitrogens with one attached hydrogen (secondary N) is 1. The molecular formula is C24H27N3O3. The number of hydrogen-bond donors (Lipinski definition) is 1. The zero-order valence-electron chi connectivity index (χ0n) is 17.3. The van der Waals surface area contributed by atoms with E-state index in [1.165, 1.54) is 0 Å². The first-order valence-corrected chi connectivity index (χ1v) is 10.4. The first kappa shape index (κ1) is 20.3. The molecule has 1 saturated heterocycles. The Labute approximate surface area is 176 Å². The van der Waals surface area contributed by atoms with Crippen molar-refractivity contribution in [3.63, 3.8) is 0 Å². The number of aryl methyl sites for hydroxylation is 1. The standard InChI is InChI=1S/C24H27N3O3/c1-18-15-22(21-7-2-3-8-23(21)26-18)24(28)25-17-19-5-4-6-20(16-19)30-14-11-27-9-12-29-13-10-27/h2-8,15-16H,9-14,17H2,1H3,(H,25,28). The molecule has 0 radical (unpaired) electrons. The van der Waals surface area contributed by atoms with Crippen LogP contribution >= 0.6 is 0 Å². The van der Waals surface area contributed by atoms with E-state index in [1.807, 2.05) is 61.5 Å². The van der Waals surface area contributed by atoms with Crippen LogP contribution in [-0.4, -0.2) is 55.2 Å². The fraction of sp³-hybridized carbons (Fsp3) is 0.333. The molecule has 1 aromatic heterocycles. The first-order valence-electron chi connectivity index (χ1n) is 10.4. The Morgan fingerprint density at radius 2 is 1.97 bits per heavy atom. The van der Waals surface area contributed by atoms with Gasteiger partial charge in [0.1, 0.15) is 12.4 Å². The van der Waals surface area contributed by atoms with Gasteiger partial charge in [-0.25, -0.2) is 0 Å². The van der Waals surface area contributed by atoms with Crippen molar-refractivity contribution in [2.24, 2.45) is 0 Å². The maximum absolute atomic E-state index is 12.8. The van der Waals surface area contributed by atoms with Crippen LogP contribution in [0.15, 0.2) is 54.6 Å². The summed E-state index contributed by atoms with van der Waals surface area (Å²) in [7, 11) is 0. The Bertz CT molecular complexity index is 1020. The summed E-state index contributed by atoms with van der Waals surface area (Å²) >= 11 is 0. The molecule has 6 heteroatoms. The SMILES string of the molecule is Cc1cc(C(=O)NCc2cccc(OCCN3CCOCC3)c2)c2ccccc2n1. The Balaban J connectivity index is 1.35. The fourth-order valence-corrected chi connectivity index (χ4v) is 3.64. The molecule has 2 heterocycles. The molecule has 1 amide bonds. The third kappa shape index (κ3) is 5.14. The predicted octanol–water partition coefficient (Wildman–Crippen LogP) is 3.18. The molecule has 0 aliphatic carbocycles. The van der Waals surface area contributed by atoms with Gasteiger partial charge in [0, 0.05) is 37.3 Å². The van der Waals surface area contributed by atoms with E-state index in [0.717, 1.165) is 60.8 Å². The number of rotatable bonds is 7. The van der Waals surface area contributed by atoms with Crippen molar-refractivity contribution in [3.05, 3.63) is 71.4 Å². The van der Waals surface area contributed by atoms with Gasteiger partial charge in [0.05, 0.1) is 24.3 Å². The molecule has 1 N–H and O–H groups in total. The summed E-state index contributed by atoms with van der Waals surface area (Å²) in [5.74, 6) is 0.718. The molecular weight excluding hydrogens is 378 g/mol. The van der Waals surface area contributed by atoms with Crippen LogP contribution in [-0.2, 0) is 11.3 Å². The number of pyridine rings is 1. The molecule has 0 spiro atoms. The van der Waals surface area contributed by atoms with E-state index < -0.39 is 0 Å². The van der Waals surface area contributed by atoms with Gasteiger partial charge in [0.2, 0.25) is 0 Å². The second kappa shape index (κ2) is 9.69. The molecule has 30 heavy (non-hydrogen) atoms. The molecule has 1 aliphatic heterocycles. The number of carbonyl (C=O) groups excluding carboxylic acids is 1. The van der Waals surface area contributed by atoms with Crippen molar-refractivity contribution in [1.29, 1.82) is 0 Å². The van der Waals surface area contributed by atoms with E-state index in [1.54, 1.807) is 0 Å². The van der Waals surface area contributed by atoms with Crippen molar-refractivity contribution >= 4 is 16.8 Å².